The Morgan fingerprint density at radius 2 is 1.80 bits per heavy atom. The number of hydrogen-bond donors (Lipinski definition) is 1. The summed E-state index contributed by atoms with van der Waals surface area (Å²) in [5.74, 6) is 0. The summed E-state index contributed by atoms with van der Waals surface area (Å²) in [6.07, 6.45) is 0.786. The van der Waals surface area contributed by atoms with Gasteiger partial charge in [0.25, 0.3) is 0 Å². The molecule has 0 spiro atoms. The minimum absolute atomic E-state index is 0.213. The van der Waals surface area contributed by atoms with Crippen molar-refractivity contribution in [3.63, 3.8) is 0 Å². The van der Waals surface area contributed by atoms with Gasteiger partial charge in [-0.1, -0.05) is 28.5 Å². The van der Waals surface area contributed by atoms with Crippen molar-refractivity contribution in [2.45, 2.75) is 0 Å². The summed E-state index contributed by atoms with van der Waals surface area (Å²) >= 11 is 0. The molecule has 0 saturated carbocycles. The van der Waals surface area contributed by atoms with Gasteiger partial charge < -0.3 is 5.21 Å². The van der Waals surface area contributed by atoms with Crippen molar-refractivity contribution < 1.29 is 17.9 Å². The minimum atomic E-state index is -3.83. The SMILES string of the molecule is CS(=O)(=O)ON=C(C#N)c1cccc(C(C#N)=NO)c1. The first-order valence-corrected chi connectivity index (χ1v) is 6.82. The standard InChI is InChI=1S/C11H8N4O4S/c1-20(17,18)19-15-11(7-13)9-4-2-3-8(5-9)10(6-12)14-16/h2-5,16H,1H3. The van der Waals surface area contributed by atoms with E-state index in [1.165, 1.54) is 24.3 Å². The van der Waals surface area contributed by atoms with Gasteiger partial charge in [-0.25, -0.2) is 0 Å². The number of hydrogen-bond acceptors (Lipinski definition) is 8. The second-order valence-corrected chi connectivity index (χ2v) is 5.03. The van der Waals surface area contributed by atoms with Crippen molar-refractivity contribution in [2.75, 3.05) is 6.26 Å². The number of benzene rings is 1. The van der Waals surface area contributed by atoms with Crippen LogP contribution in [0.5, 0.6) is 0 Å². The molecular weight excluding hydrogens is 284 g/mol. The van der Waals surface area contributed by atoms with Crippen LogP contribution in [0.4, 0.5) is 0 Å². The molecule has 102 valence electrons. The van der Waals surface area contributed by atoms with Gasteiger partial charge in [0.1, 0.15) is 12.1 Å². The molecule has 9 heteroatoms. The molecule has 8 nitrogen and oxygen atoms in total. The third kappa shape index (κ3) is 4.08. The van der Waals surface area contributed by atoms with Gasteiger partial charge in [-0.3, -0.25) is 4.28 Å². The summed E-state index contributed by atoms with van der Waals surface area (Å²) < 4.78 is 25.8. The molecule has 0 aliphatic rings. The van der Waals surface area contributed by atoms with E-state index in [9.17, 15) is 8.42 Å². The molecule has 20 heavy (non-hydrogen) atoms. The van der Waals surface area contributed by atoms with Crippen LogP contribution in [-0.4, -0.2) is 31.3 Å². The summed E-state index contributed by atoms with van der Waals surface area (Å²) in [5, 5.41) is 32.3. The van der Waals surface area contributed by atoms with Crippen LogP contribution in [0.3, 0.4) is 0 Å². The molecule has 1 aromatic rings. The lowest BCUT2D eigenvalue weighted by Gasteiger charge is -2.01. The first kappa shape index (κ1) is 15.1. The molecule has 0 atom stereocenters. The third-order valence-corrected chi connectivity index (χ3v) is 2.33. The molecule has 1 rings (SSSR count). The van der Waals surface area contributed by atoms with E-state index in [1.54, 1.807) is 12.1 Å². The summed E-state index contributed by atoms with van der Waals surface area (Å²) in [5.41, 5.74) is -0.0967. The van der Waals surface area contributed by atoms with Crippen molar-refractivity contribution in [1.82, 2.24) is 0 Å². The quantitative estimate of drug-likeness (QED) is 0.490. The van der Waals surface area contributed by atoms with Gasteiger partial charge in [0.2, 0.25) is 0 Å². The van der Waals surface area contributed by atoms with E-state index in [-0.39, 0.29) is 22.6 Å². The average Bonchev–Trinajstić information content (AvgIpc) is 2.40. The first-order valence-electron chi connectivity index (χ1n) is 5.01. The van der Waals surface area contributed by atoms with Crippen molar-refractivity contribution in [3.05, 3.63) is 35.4 Å². The van der Waals surface area contributed by atoms with E-state index in [2.05, 4.69) is 14.6 Å². The summed E-state index contributed by atoms with van der Waals surface area (Å²) in [6.45, 7) is 0. The number of nitriles is 2. The fraction of sp³-hybridized carbons (Fsp3) is 0.0909. The fourth-order valence-electron chi connectivity index (χ4n) is 1.20. The van der Waals surface area contributed by atoms with Gasteiger partial charge in [0.05, 0.1) is 6.26 Å². The summed E-state index contributed by atoms with van der Waals surface area (Å²) in [4.78, 5) is 0. The van der Waals surface area contributed by atoms with Crippen molar-refractivity contribution in [1.29, 1.82) is 10.5 Å². The van der Waals surface area contributed by atoms with Gasteiger partial charge in [-0.15, -0.1) is 0 Å². The lowest BCUT2D eigenvalue weighted by molar-refractivity contribution is 0.320. The second-order valence-electron chi connectivity index (χ2n) is 3.47. The molecule has 0 unspecified atom stereocenters. The van der Waals surface area contributed by atoms with Crippen molar-refractivity contribution in [3.8, 4) is 12.1 Å². The largest absolute Gasteiger partial charge is 0.410 e. The minimum Gasteiger partial charge on any atom is -0.410 e. The molecule has 1 N–H and O–H groups in total. The van der Waals surface area contributed by atoms with Gasteiger partial charge in [0, 0.05) is 11.1 Å². The van der Waals surface area contributed by atoms with Crippen LogP contribution in [0.2, 0.25) is 0 Å². The molecule has 0 saturated heterocycles. The Hall–Kier alpha value is -2.91. The molecule has 0 aliphatic heterocycles. The van der Waals surface area contributed by atoms with Gasteiger partial charge in [-0.05, 0) is 6.07 Å². The maximum atomic E-state index is 10.8. The van der Waals surface area contributed by atoms with E-state index in [4.69, 9.17) is 15.7 Å². The molecule has 1 aromatic carbocycles. The highest BCUT2D eigenvalue weighted by molar-refractivity contribution is 7.85. The van der Waals surface area contributed by atoms with E-state index in [0.717, 1.165) is 6.26 Å². The van der Waals surface area contributed by atoms with E-state index < -0.39 is 10.1 Å². The van der Waals surface area contributed by atoms with Gasteiger partial charge in [-0.2, -0.15) is 18.9 Å². The average molecular weight is 292 g/mol. The van der Waals surface area contributed by atoms with Gasteiger partial charge in [0.15, 0.2) is 11.4 Å². The van der Waals surface area contributed by atoms with Crippen LogP contribution in [0.15, 0.2) is 34.6 Å². The Labute approximate surface area is 114 Å². The Bertz CT molecular complexity index is 753. The Balaban J connectivity index is 3.23. The maximum absolute atomic E-state index is 10.8. The van der Waals surface area contributed by atoms with Crippen LogP contribution >= 0.6 is 0 Å². The van der Waals surface area contributed by atoms with Crippen molar-refractivity contribution >= 4 is 21.5 Å². The van der Waals surface area contributed by atoms with E-state index in [1.807, 2.05) is 0 Å². The highest BCUT2D eigenvalue weighted by Gasteiger charge is 2.10. The van der Waals surface area contributed by atoms with Crippen LogP contribution in [-0.2, 0) is 14.4 Å². The predicted octanol–water partition coefficient (Wildman–Crippen LogP) is 0.592. The molecule has 0 amide bonds. The fourth-order valence-corrected chi connectivity index (χ4v) is 1.41. The smallest absolute Gasteiger partial charge is 0.325 e. The third-order valence-electron chi connectivity index (χ3n) is 1.99. The lowest BCUT2D eigenvalue weighted by Crippen LogP contribution is -2.05. The molecular formula is C11H8N4O4S. The lowest BCUT2D eigenvalue weighted by atomic mass is 10.0. The zero-order valence-electron chi connectivity index (χ0n) is 10.2. The number of rotatable bonds is 4. The molecule has 0 radical (unpaired) electrons. The van der Waals surface area contributed by atoms with Crippen molar-refractivity contribution in [2.24, 2.45) is 10.3 Å². The maximum Gasteiger partial charge on any atom is 0.325 e. The Kier molecular flexibility index (Phi) is 4.78. The van der Waals surface area contributed by atoms with Crippen LogP contribution in [0, 0.1) is 22.7 Å². The molecule has 0 fully saturated rings. The monoisotopic (exact) mass is 292 g/mol. The second kappa shape index (κ2) is 6.31. The topological polar surface area (TPSA) is 136 Å². The van der Waals surface area contributed by atoms with Gasteiger partial charge >= 0.3 is 10.1 Å². The highest BCUT2D eigenvalue weighted by Crippen LogP contribution is 2.08. The van der Waals surface area contributed by atoms with E-state index >= 15 is 0 Å². The van der Waals surface area contributed by atoms with Crippen LogP contribution in [0.1, 0.15) is 11.1 Å². The summed E-state index contributed by atoms with van der Waals surface area (Å²) in [6, 6.07) is 9.09. The number of nitrogens with zero attached hydrogens (tertiary/aromatic N) is 4. The normalized spacial score (nSPS) is 12.3. The Morgan fingerprint density at radius 3 is 2.25 bits per heavy atom. The molecule has 0 bridgehead atoms. The molecule has 0 aromatic heterocycles. The zero-order valence-corrected chi connectivity index (χ0v) is 11.0. The van der Waals surface area contributed by atoms with E-state index in [0.29, 0.717) is 0 Å². The Morgan fingerprint density at radius 1 is 1.25 bits per heavy atom. The van der Waals surface area contributed by atoms with Crippen LogP contribution < -0.4 is 0 Å². The number of oxime groups is 2. The zero-order chi connectivity index (χ0) is 15.2. The molecule has 0 aliphatic carbocycles. The first-order chi connectivity index (χ1) is 9.41. The molecule has 0 heterocycles. The predicted molar refractivity (Wildman–Crippen MR) is 68.5 cm³/mol. The van der Waals surface area contributed by atoms with Crippen LogP contribution in [0.25, 0.3) is 0 Å². The summed E-state index contributed by atoms with van der Waals surface area (Å²) in [7, 11) is -3.83. The highest BCUT2D eigenvalue weighted by atomic mass is 32.2.